The number of benzene rings is 2. The van der Waals surface area contributed by atoms with E-state index in [0.29, 0.717) is 24.6 Å². The summed E-state index contributed by atoms with van der Waals surface area (Å²) in [6, 6.07) is 10.5. The molecule has 0 saturated carbocycles. The molecule has 2 aromatic rings. The van der Waals surface area contributed by atoms with Gasteiger partial charge in [0, 0.05) is 24.7 Å². The molecule has 142 valence electrons. The van der Waals surface area contributed by atoms with Crippen LogP contribution in [0.15, 0.2) is 36.4 Å². The molecule has 1 aliphatic rings. The predicted octanol–water partition coefficient (Wildman–Crippen LogP) is 3.03. The van der Waals surface area contributed by atoms with Gasteiger partial charge in [-0.05, 0) is 60.7 Å². The Morgan fingerprint density at radius 2 is 1.59 bits per heavy atom. The van der Waals surface area contributed by atoms with Crippen LogP contribution in [0.4, 0.5) is 0 Å². The maximum Gasteiger partial charge on any atom is 0.335 e. The monoisotopic (exact) mass is 369 g/mol. The lowest BCUT2D eigenvalue weighted by atomic mass is 9.91. The first-order chi connectivity index (χ1) is 12.9. The smallest absolute Gasteiger partial charge is 0.335 e. The molecule has 2 aromatic carbocycles. The third kappa shape index (κ3) is 4.22. The summed E-state index contributed by atoms with van der Waals surface area (Å²) in [6.07, 6.45) is 0.825. The number of likely N-dealkylation sites (tertiary alicyclic amines) is 1. The third-order valence-electron chi connectivity index (χ3n) is 4.75. The van der Waals surface area contributed by atoms with E-state index in [1.807, 2.05) is 18.2 Å². The van der Waals surface area contributed by atoms with Crippen LogP contribution in [0.1, 0.15) is 31.8 Å². The van der Waals surface area contributed by atoms with Crippen LogP contribution in [-0.2, 0) is 6.42 Å². The van der Waals surface area contributed by atoms with E-state index in [-0.39, 0.29) is 11.5 Å². The Morgan fingerprint density at radius 3 is 2.15 bits per heavy atom. The predicted molar refractivity (Wildman–Crippen MR) is 101 cm³/mol. The summed E-state index contributed by atoms with van der Waals surface area (Å²) in [5, 5.41) is 9.17. The first kappa shape index (κ1) is 18.8. The van der Waals surface area contributed by atoms with E-state index in [9.17, 15) is 14.7 Å². The molecule has 0 spiro atoms. The van der Waals surface area contributed by atoms with E-state index < -0.39 is 5.97 Å². The summed E-state index contributed by atoms with van der Waals surface area (Å²) in [4.78, 5) is 25.6. The van der Waals surface area contributed by atoms with Gasteiger partial charge in [-0.3, -0.25) is 4.79 Å². The molecule has 1 N–H and O–H groups in total. The van der Waals surface area contributed by atoms with Crippen molar-refractivity contribution in [2.75, 3.05) is 27.3 Å². The van der Waals surface area contributed by atoms with E-state index >= 15 is 0 Å². The highest BCUT2D eigenvalue weighted by molar-refractivity contribution is 5.98. The summed E-state index contributed by atoms with van der Waals surface area (Å²) >= 11 is 0. The number of methoxy groups -OCH3 is 2. The number of aromatic carboxylic acids is 1. The van der Waals surface area contributed by atoms with Gasteiger partial charge in [0.2, 0.25) is 0 Å². The van der Waals surface area contributed by atoms with Gasteiger partial charge in [-0.2, -0.15) is 0 Å². The van der Waals surface area contributed by atoms with Gasteiger partial charge in [-0.15, -0.1) is 0 Å². The number of hydrogen-bond acceptors (Lipinski definition) is 4. The van der Waals surface area contributed by atoms with Crippen molar-refractivity contribution in [1.82, 2.24) is 4.90 Å². The van der Waals surface area contributed by atoms with Gasteiger partial charge in [-0.1, -0.05) is 0 Å². The first-order valence-corrected chi connectivity index (χ1v) is 8.76. The Morgan fingerprint density at radius 1 is 1.00 bits per heavy atom. The van der Waals surface area contributed by atoms with Crippen LogP contribution in [0.5, 0.6) is 11.5 Å². The number of carbonyl (C=O) groups is 2. The summed E-state index contributed by atoms with van der Waals surface area (Å²) in [5.74, 6) is 0.700. The maximum absolute atomic E-state index is 12.6. The van der Waals surface area contributed by atoms with E-state index in [1.165, 1.54) is 6.07 Å². The molecule has 0 atom stereocenters. The summed E-state index contributed by atoms with van der Waals surface area (Å²) in [5.41, 5.74) is 2.43. The average molecular weight is 369 g/mol. The molecule has 0 bridgehead atoms. The van der Waals surface area contributed by atoms with Crippen molar-refractivity contribution in [3.8, 4) is 11.5 Å². The number of amides is 1. The standard InChI is InChI=1S/C21H23NO5/c1-13-4-16(9-17(5-13)21(24)25)20(23)22-11-15(12-22)6-14-7-18(26-2)10-19(8-14)27-3/h4-5,7-10,15H,6,11-12H2,1-3H3,(H,24,25). The molecule has 1 amide bonds. The molecule has 1 heterocycles. The number of ether oxygens (including phenoxy) is 2. The third-order valence-corrected chi connectivity index (χ3v) is 4.75. The second-order valence-electron chi connectivity index (χ2n) is 6.89. The normalized spacial score (nSPS) is 13.8. The van der Waals surface area contributed by atoms with E-state index in [2.05, 4.69) is 0 Å². The molecule has 0 radical (unpaired) electrons. The molecular weight excluding hydrogens is 346 g/mol. The highest BCUT2D eigenvalue weighted by Gasteiger charge is 2.31. The van der Waals surface area contributed by atoms with Gasteiger partial charge in [0.15, 0.2) is 0 Å². The van der Waals surface area contributed by atoms with E-state index in [1.54, 1.807) is 38.2 Å². The van der Waals surface area contributed by atoms with Crippen molar-refractivity contribution in [1.29, 1.82) is 0 Å². The Balaban J connectivity index is 1.64. The zero-order valence-corrected chi connectivity index (χ0v) is 15.7. The van der Waals surface area contributed by atoms with Crippen molar-refractivity contribution < 1.29 is 24.2 Å². The lowest BCUT2D eigenvalue weighted by molar-refractivity contribution is 0.0501. The van der Waals surface area contributed by atoms with Gasteiger partial charge >= 0.3 is 5.97 Å². The number of carbonyl (C=O) groups excluding carboxylic acids is 1. The zero-order valence-electron chi connectivity index (χ0n) is 15.7. The molecule has 6 nitrogen and oxygen atoms in total. The minimum absolute atomic E-state index is 0.124. The maximum atomic E-state index is 12.6. The average Bonchev–Trinajstić information content (AvgIpc) is 2.62. The van der Waals surface area contributed by atoms with E-state index in [0.717, 1.165) is 29.0 Å². The zero-order chi connectivity index (χ0) is 19.6. The van der Waals surface area contributed by atoms with Crippen molar-refractivity contribution in [3.05, 3.63) is 58.7 Å². The van der Waals surface area contributed by atoms with Gasteiger partial charge in [0.1, 0.15) is 11.5 Å². The number of nitrogens with zero attached hydrogens (tertiary/aromatic N) is 1. The SMILES string of the molecule is COc1cc(CC2CN(C(=O)c3cc(C)cc(C(=O)O)c3)C2)cc(OC)c1. The minimum Gasteiger partial charge on any atom is -0.497 e. The highest BCUT2D eigenvalue weighted by atomic mass is 16.5. The summed E-state index contributed by atoms with van der Waals surface area (Å²) in [6.45, 7) is 3.09. The Hall–Kier alpha value is -3.02. The topological polar surface area (TPSA) is 76.1 Å². The van der Waals surface area contributed by atoms with Gasteiger partial charge < -0.3 is 19.5 Å². The molecule has 1 fully saturated rings. The molecule has 3 rings (SSSR count). The number of hydrogen-bond donors (Lipinski definition) is 1. The molecule has 1 aliphatic heterocycles. The minimum atomic E-state index is -1.03. The van der Waals surface area contributed by atoms with Gasteiger partial charge in [0.05, 0.1) is 19.8 Å². The molecule has 27 heavy (non-hydrogen) atoms. The Labute approximate surface area is 158 Å². The fraction of sp³-hybridized carbons (Fsp3) is 0.333. The number of carboxylic acid groups (broad SMARTS) is 1. The van der Waals surface area contributed by atoms with Crippen LogP contribution < -0.4 is 9.47 Å². The molecule has 0 unspecified atom stereocenters. The van der Waals surface area contributed by atoms with E-state index in [4.69, 9.17) is 9.47 Å². The van der Waals surface area contributed by atoms with Crippen LogP contribution in [0.2, 0.25) is 0 Å². The second-order valence-corrected chi connectivity index (χ2v) is 6.89. The molecule has 6 heteroatoms. The number of carboxylic acids is 1. The molecular formula is C21H23NO5. The van der Waals surface area contributed by atoms with Gasteiger partial charge in [-0.25, -0.2) is 4.79 Å². The van der Waals surface area contributed by atoms with Crippen LogP contribution in [0.25, 0.3) is 0 Å². The van der Waals surface area contributed by atoms with Crippen molar-refractivity contribution in [2.24, 2.45) is 5.92 Å². The molecule has 0 aliphatic carbocycles. The molecule has 0 aromatic heterocycles. The quantitative estimate of drug-likeness (QED) is 0.847. The lowest BCUT2D eigenvalue weighted by Gasteiger charge is -2.39. The lowest BCUT2D eigenvalue weighted by Crippen LogP contribution is -2.50. The van der Waals surface area contributed by atoms with Crippen molar-refractivity contribution in [2.45, 2.75) is 13.3 Å². The Kier molecular flexibility index (Phi) is 5.35. The second kappa shape index (κ2) is 7.70. The fourth-order valence-corrected chi connectivity index (χ4v) is 3.39. The van der Waals surface area contributed by atoms with Crippen molar-refractivity contribution >= 4 is 11.9 Å². The Bertz CT molecular complexity index is 849. The van der Waals surface area contributed by atoms with Crippen LogP contribution in [-0.4, -0.2) is 49.2 Å². The first-order valence-electron chi connectivity index (χ1n) is 8.76. The molecule has 1 saturated heterocycles. The van der Waals surface area contributed by atoms with Crippen molar-refractivity contribution in [3.63, 3.8) is 0 Å². The number of aryl methyl sites for hydroxylation is 1. The highest BCUT2D eigenvalue weighted by Crippen LogP contribution is 2.28. The van der Waals surface area contributed by atoms with Crippen LogP contribution >= 0.6 is 0 Å². The summed E-state index contributed by atoms with van der Waals surface area (Å²) in [7, 11) is 3.24. The van der Waals surface area contributed by atoms with Gasteiger partial charge in [0.25, 0.3) is 5.91 Å². The largest absolute Gasteiger partial charge is 0.497 e. The summed E-state index contributed by atoms with van der Waals surface area (Å²) < 4.78 is 10.6. The fourth-order valence-electron chi connectivity index (χ4n) is 3.39. The number of rotatable bonds is 6. The van der Waals surface area contributed by atoms with Crippen LogP contribution in [0, 0.1) is 12.8 Å². The van der Waals surface area contributed by atoms with Crippen LogP contribution in [0.3, 0.4) is 0 Å².